The van der Waals surface area contributed by atoms with E-state index in [1.807, 2.05) is 18.2 Å². The Hall–Kier alpha value is -2.47. The van der Waals surface area contributed by atoms with Crippen LogP contribution in [0.4, 0.5) is 17.2 Å². The van der Waals surface area contributed by atoms with Crippen molar-refractivity contribution in [2.75, 3.05) is 61.9 Å². The Morgan fingerprint density at radius 3 is 2.44 bits per heavy atom. The van der Waals surface area contributed by atoms with Crippen molar-refractivity contribution in [3.05, 3.63) is 42.6 Å². The Kier molecular flexibility index (Phi) is 5.34. The molecule has 144 valence electrons. The second-order valence-corrected chi connectivity index (χ2v) is 7.39. The van der Waals surface area contributed by atoms with E-state index in [4.69, 9.17) is 10.5 Å². The summed E-state index contributed by atoms with van der Waals surface area (Å²) in [5, 5.41) is 0. The zero-order valence-corrected chi connectivity index (χ0v) is 16.1. The lowest BCUT2D eigenvalue weighted by Gasteiger charge is -2.43. The van der Waals surface area contributed by atoms with Crippen LogP contribution in [0.15, 0.2) is 42.6 Å². The van der Waals surface area contributed by atoms with Gasteiger partial charge in [-0.2, -0.15) is 0 Å². The molecule has 0 bridgehead atoms. The lowest BCUT2D eigenvalue weighted by molar-refractivity contribution is 0.159. The molecule has 2 aliphatic rings. The van der Waals surface area contributed by atoms with Crippen LogP contribution in [-0.4, -0.2) is 62.3 Å². The maximum Gasteiger partial charge on any atom is 0.130 e. The number of pyridine rings is 1. The molecule has 0 aliphatic carbocycles. The van der Waals surface area contributed by atoms with Crippen molar-refractivity contribution in [2.45, 2.75) is 18.9 Å². The fourth-order valence-corrected chi connectivity index (χ4v) is 4.22. The zero-order chi connectivity index (χ0) is 18.6. The van der Waals surface area contributed by atoms with Crippen molar-refractivity contribution in [2.24, 2.45) is 0 Å². The Bertz CT molecular complexity index is 752. The molecule has 27 heavy (non-hydrogen) atoms. The van der Waals surface area contributed by atoms with Gasteiger partial charge in [0.25, 0.3) is 0 Å². The van der Waals surface area contributed by atoms with Crippen molar-refractivity contribution in [3.8, 4) is 5.75 Å². The number of piperidine rings is 1. The molecule has 2 aliphatic heterocycles. The number of methoxy groups -OCH3 is 1. The highest BCUT2D eigenvalue weighted by Gasteiger charge is 2.28. The minimum absolute atomic E-state index is 0.683. The summed E-state index contributed by atoms with van der Waals surface area (Å²) in [6, 6.07) is 12.9. The molecule has 0 saturated carbocycles. The maximum absolute atomic E-state index is 5.90. The van der Waals surface area contributed by atoms with E-state index in [1.165, 1.54) is 18.5 Å². The Morgan fingerprint density at radius 1 is 0.963 bits per heavy atom. The fourth-order valence-electron chi connectivity index (χ4n) is 4.22. The molecule has 2 N–H and O–H groups in total. The van der Waals surface area contributed by atoms with E-state index in [0.717, 1.165) is 56.5 Å². The van der Waals surface area contributed by atoms with Gasteiger partial charge in [0.05, 0.1) is 7.11 Å². The van der Waals surface area contributed by atoms with Gasteiger partial charge in [0.1, 0.15) is 11.6 Å². The summed E-state index contributed by atoms with van der Waals surface area (Å²) in [6.45, 7) is 6.45. The Balaban J connectivity index is 1.29. The summed E-state index contributed by atoms with van der Waals surface area (Å²) in [5.41, 5.74) is 7.95. The largest absolute Gasteiger partial charge is 0.497 e. The summed E-state index contributed by atoms with van der Waals surface area (Å²) < 4.78 is 5.36. The molecule has 1 aromatic heterocycles. The fraction of sp³-hybridized carbons (Fsp3) is 0.476. The first-order chi connectivity index (χ1) is 13.2. The number of hydrogen-bond donors (Lipinski definition) is 1. The Labute approximate surface area is 161 Å². The molecule has 2 saturated heterocycles. The molecule has 0 radical (unpaired) electrons. The first kappa shape index (κ1) is 17.9. The summed E-state index contributed by atoms with van der Waals surface area (Å²) in [5.74, 6) is 1.93. The molecule has 3 heterocycles. The highest BCUT2D eigenvalue weighted by Crippen LogP contribution is 2.26. The first-order valence-electron chi connectivity index (χ1n) is 9.82. The van der Waals surface area contributed by atoms with Crippen molar-refractivity contribution in [3.63, 3.8) is 0 Å². The van der Waals surface area contributed by atoms with Crippen molar-refractivity contribution >= 4 is 17.2 Å². The number of ether oxygens (including phenoxy) is 1. The third-order valence-corrected chi connectivity index (χ3v) is 5.81. The van der Waals surface area contributed by atoms with Crippen molar-refractivity contribution < 1.29 is 4.74 Å². The predicted octanol–water partition coefficient (Wildman–Crippen LogP) is 2.46. The zero-order valence-electron chi connectivity index (χ0n) is 16.1. The summed E-state index contributed by atoms with van der Waals surface area (Å²) in [4.78, 5) is 12.0. The molecule has 1 aromatic carbocycles. The third kappa shape index (κ3) is 4.11. The average molecular weight is 367 g/mol. The van der Waals surface area contributed by atoms with E-state index in [2.05, 4.69) is 37.9 Å². The molecule has 0 unspecified atom stereocenters. The first-order valence-corrected chi connectivity index (χ1v) is 9.82. The van der Waals surface area contributed by atoms with Crippen LogP contribution in [0.3, 0.4) is 0 Å². The molecule has 2 aromatic rings. The third-order valence-electron chi connectivity index (χ3n) is 5.81. The van der Waals surface area contributed by atoms with Gasteiger partial charge in [-0.3, -0.25) is 4.90 Å². The summed E-state index contributed by atoms with van der Waals surface area (Å²) in [6.07, 6.45) is 4.23. The molecule has 0 amide bonds. The van der Waals surface area contributed by atoms with Gasteiger partial charge in [0.2, 0.25) is 0 Å². The molecule has 4 rings (SSSR count). The maximum atomic E-state index is 5.90. The van der Waals surface area contributed by atoms with Crippen LogP contribution in [-0.2, 0) is 0 Å². The van der Waals surface area contributed by atoms with E-state index in [1.54, 1.807) is 13.3 Å². The standard InChI is InChI=1S/C21H29N5O/c1-27-20-4-2-3-19(16-20)24-9-6-18(7-10-24)25-11-13-26(14-12-25)21-15-17(22)5-8-23-21/h2-5,8,15-16,18H,6-7,9-14H2,1H3,(H2,22,23). The lowest BCUT2D eigenvalue weighted by atomic mass is 10.0. The van der Waals surface area contributed by atoms with E-state index < -0.39 is 0 Å². The number of piperazine rings is 1. The van der Waals surface area contributed by atoms with Crippen LogP contribution < -0.4 is 20.3 Å². The van der Waals surface area contributed by atoms with E-state index >= 15 is 0 Å². The van der Waals surface area contributed by atoms with Gasteiger partial charge in [-0.15, -0.1) is 0 Å². The number of hydrogen-bond acceptors (Lipinski definition) is 6. The van der Waals surface area contributed by atoms with Crippen LogP contribution in [0.2, 0.25) is 0 Å². The van der Waals surface area contributed by atoms with Crippen molar-refractivity contribution in [1.29, 1.82) is 0 Å². The molecular weight excluding hydrogens is 338 g/mol. The van der Waals surface area contributed by atoms with E-state index in [-0.39, 0.29) is 0 Å². The van der Waals surface area contributed by atoms with Crippen LogP contribution in [0.5, 0.6) is 5.75 Å². The number of nitrogens with two attached hydrogens (primary N) is 1. The average Bonchev–Trinajstić information content (AvgIpc) is 2.74. The number of nitrogen functional groups attached to an aromatic ring is 1. The smallest absolute Gasteiger partial charge is 0.130 e. The van der Waals surface area contributed by atoms with Crippen LogP contribution in [0.1, 0.15) is 12.8 Å². The summed E-state index contributed by atoms with van der Waals surface area (Å²) in [7, 11) is 1.73. The predicted molar refractivity (Wildman–Crippen MR) is 111 cm³/mol. The molecule has 2 fully saturated rings. The number of rotatable bonds is 4. The molecule has 0 atom stereocenters. The SMILES string of the molecule is COc1cccc(N2CCC(N3CCN(c4cc(N)ccn4)CC3)CC2)c1. The van der Waals surface area contributed by atoms with Gasteiger partial charge in [-0.1, -0.05) is 6.07 Å². The van der Waals surface area contributed by atoms with Crippen molar-refractivity contribution in [1.82, 2.24) is 9.88 Å². The lowest BCUT2D eigenvalue weighted by Crippen LogP contribution is -2.53. The number of nitrogens with zero attached hydrogens (tertiary/aromatic N) is 4. The van der Waals surface area contributed by atoms with E-state index in [9.17, 15) is 0 Å². The molecule has 6 nitrogen and oxygen atoms in total. The normalized spacial score (nSPS) is 19.3. The molecule has 0 spiro atoms. The monoisotopic (exact) mass is 367 g/mol. The minimum Gasteiger partial charge on any atom is -0.497 e. The highest BCUT2D eigenvalue weighted by atomic mass is 16.5. The van der Waals surface area contributed by atoms with Crippen LogP contribution in [0.25, 0.3) is 0 Å². The quantitative estimate of drug-likeness (QED) is 0.896. The van der Waals surface area contributed by atoms with Crippen LogP contribution >= 0.6 is 0 Å². The minimum atomic E-state index is 0.683. The second kappa shape index (κ2) is 8.05. The van der Waals surface area contributed by atoms with Gasteiger partial charge >= 0.3 is 0 Å². The van der Waals surface area contributed by atoms with Gasteiger partial charge in [-0.05, 0) is 31.0 Å². The number of anilines is 3. The van der Waals surface area contributed by atoms with Gasteiger partial charge in [0.15, 0.2) is 0 Å². The summed E-state index contributed by atoms with van der Waals surface area (Å²) >= 11 is 0. The van der Waals surface area contributed by atoms with Gasteiger partial charge in [-0.25, -0.2) is 4.98 Å². The topological polar surface area (TPSA) is 57.9 Å². The van der Waals surface area contributed by atoms with Gasteiger partial charge < -0.3 is 20.3 Å². The molecule has 6 heteroatoms. The number of aromatic nitrogens is 1. The van der Waals surface area contributed by atoms with Crippen LogP contribution in [0, 0.1) is 0 Å². The Morgan fingerprint density at radius 2 is 1.74 bits per heavy atom. The molecular formula is C21H29N5O. The van der Waals surface area contributed by atoms with Gasteiger partial charge in [0, 0.05) is 75.0 Å². The van der Waals surface area contributed by atoms with E-state index in [0.29, 0.717) is 6.04 Å². The second-order valence-electron chi connectivity index (χ2n) is 7.39. The number of benzene rings is 1. The highest BCUT2D eigenvalue weighted by molar-refractivity contribution is 5.51.